The van der Waals surface area contributed by atoms with Crippen LogP contribution in [0.15, 0.2) is 56.3 Å². The number of rotatable bonds is 5. The molecule has 0 radical (unpaired) electrons. The molecule has 0 aliphatic heterocycles. The molecule has 2 rings (SSSR count). The first-order chi connectivity index (χ1) is 9.92. The zero-order valence-corrected chi connectivity index (χ0v) is 15.0. The van der Waals surface area contributed by atoms with Crippen LogP contribution in [0.25, 0.3) is 0 Å². The van der Waals surface area contributed by atoms with Crippen molar-refractivity contribution in [2.45, 2.75) is 11.3 Å². The predicted molar refractivity (Wildman–Crippen MR) is 91.9 cm³/mol. The molecule has 0 spiro atoms. The van der Waals surface area contributed by atoms with Gasteiger partial charge in [-0.05, 0) is 64.8 Å². The number of hydrogen-bond donors (Lipinski definition) is 2. The lowest BCUT2D eigenvalue weighted by Crippen LogP contribution is -2.13. The number of hydrogen-bond acceptors (Lipinski definition) is 3. The third kappa shape index (κ3) is 4.29. The first-order valence-corrected chi connectivity index (χ1v) is 9.26. The van der Waals surface area contributed by atoms with Crippen molar-refractivity contribution in [2.75, 3.05) is 11.3 Å². The standard InChI is InChI=1S/C14H14Br2N2O2S/c15-11-3-6-14(13(16)9-11)18-21(19,20)12-4-1-10(2-5-12)7-8-17/h1-6,9,18H,7-8,17H2. The highest BCUT2D eigenvalue weighted by molar-refractivity contribution is 9.11. The fraction of sp³-hybridized carbons (Fsp3) is 0.143. The smallest absolute Gasteiger partial charge is 0.261 e. The summed E-state index contributed by atoms with van der Waals surface area (Å²) >= 11 is 6.66. The molecule has 0 saturated heterocycles. The maximum absolute atomic E-state index is 12.3. The average Bonchev–Trinajstić information content (AvgIpc) is 2.43. The Kier molecular flexibility index (Phi) is 5.43. The van der Waals surface area contributed by atoms with Crippen LogP contribution in [0.2, 0.25) is 0 Å². The molecule has 2 aromatic carbocycles. The van der Waals surface area contributed by atoms with Gasteiger partial charge in [-0.3, -0.25) is 4.72 Å². The van der Waals surface area contributed by atoms with Gasteiger partial charge in [-0.2, -0.15) is 0 Å². The molecule has 0 unspecified atom stereocenters. The van der Waals surface area contributed by atoms with Crippen molar-refractivity contribution in [3.8, 4) is 0 Å². The minimum Gasteiger partial charge on any atom is -0.330 e. The largest absolute Gasteiger partial charge is 0.330 e. The SMILES string of the molecule is NCCc1ccc(S(=O)(=O)Nc2ccc(Br)cc2Br)cc1. The molecule has 0 fully saturated rings. The molecule has 0 saturated carbocycles. The van der Waals surface area contributed by atoms with Gasteiger partial charge in [-0.15, -0.1) is 0 Å². The van der Waals surface area contributed by atoms with Gasteiger partial charge < -0.3 is 5.73 Å². The third-order valence-corrected chi connectivity index (χ3v) is 5.37. The van der Waals surface area contributed by atoms with Crippen LogP contribution < -0.4 is 10.5 Å². The van der Waals surface area contributed by atoms with Crippen LogP contribution in [0.1, 0.15) is 5.56 Å². The van der Waals surface area contributed by atoms with Crippen LogP contribution >= 0.6 is 31.9 Å². The van der Waals surface area contributed by atoms with E-state index in [1.54, 1.807) is 42.5 Å². The molecular formula is C14H14Br2N2O2S. The quantitative estimate of drug-likeness (QED) is 0.757. The van der Waals surface area contributed by atoms with Gasteiger partial charge in [0.2, 0.25) is 0 Å². The highest BCUT2D eigenvalue weighted by Crippen LogP contribution is 2.28. The van der Waals surface area contributed by atoms with Crippen LogP contribution in [-0.4, -0.2) is 15.0 Å². The van der Waals surface area contributed by atoms with Crippen LogP contribution in [0.5, 0.6) is 0 Å². The van der Waals surface area contributed by atoms with Gasteiger partial charge >= 0.3 is 0 Å². The number of anilines is 1. The minimum absolute atomic E-state index is 0.220. The Labute approximate surface area is 141 Å². The molecule has 112 valence electrons. The van der Waals surface area contributed by atoms with Gasteiger partial charge in [-0.1, -0.05) is 28.1 Å². The summed E-state index contributed by atoms with van der Waals surface area (Å²) in [6.45, 7) is 0.538. The normalized spacial score (nSPS) is 11.4. The fourth-order valence-electron chi connectivity index (χ4n) is 1.78. The van der Waals surface area contributed by atoms with E-state index >= 15 is 0 Å². The summed E-state index contributed by atoms with van der Waals surface area (Å²) in [7, 11) is -3.61. The molecule has 0 amide bonds. The van der Waals surface area contributed by atoms with E-state index in [0.717, 1.165) is 16.5 Å². The van der Waals surface area contributed by atoms with E-state index in [1.807, 2.05) is 0 Å². The van der Waals surface area contributed by atoms with Crippen LogP contribution in [0.3, 0.4) is 0 Å². The lowest BCUT2D eigenvalue weighted by Gasteiger charge is -2.10. The highest BCUT2D eigenvalue weighted by atomic mass is 79.9. The van der Waals surface area contributed by atoms with Gasteiger partial charge in [-0.25, -0.2) is 8.42 Å². The summed E-state index contributed by atoms with van der Waals surface area (Å²) in [6, 6.07) is 12.0. The van der Waals surface area contributed by atoms with E-state index in [-0.39, 0.29) is 4.90 Å². The van der Waals surface area contributed by atoms with Crippen LogP contribution in [0, 0.1) is 0 Å². The minimum atomic E-state index is -3.61. The van der Waals surface area contributed by atoms with E-state index in [1.165, 1.54) is 0 Å². The summed E-state index contributed by atoms with van der Waals surface area (Å²) in [6.07, 6.45) is 0.728. The van der Waals surface area contributed by atoms with E-state index in [9.17, 15) is 8.42 Å². The Morgan fingerprint density at radius 1 is 1.05 bits per heavy atom. The van der Waals surface area contributed by atoms with E-state index in [4.69, 9.17) is 5.73 Å². The number of nitrogens with two attached hydrogens (primary N) is 1. The summed E-state index contributed by atoms with van der Waals surface area (Å²) in [5.74, 6) is 0. The molecule has 4 nitrogen and oxygen atoms in total. The van der Waals surface area contributed by atoms with Crippen molar-refractivity contribution in [1.29, 1.82) is 0 Å². The molecule has 0 atom stereocenters. The fourth-order valence-corrected chi connectivity index (χ4v) is 4.14. The van der Waals surface area contributed by atoms with Gasteiger partial charge in [0, 0.05) is 8.95 Å². The van der Waals surface area contributed by atoms with Gasteiger partial charge in [0.1, 0.15) is 0 Å². The molecule has 3 N–H and O–H groups in total. The molecule has 21 heavy (non-hydrogen) atoms. The molecule has 2 aromatic rings. The van der Waals surface area contributed by atoms with Gasteiger partial charge in [0.15, 0.2) is 0 Å². The summed E-state index contributed by atoms with van der Waals surface area (Å²) in [5, 5.41) is 0. The summed E-state index contributed by atoms with van der Waals surface area (Å²) < 4.78 is 28.8. The maximum Gasteiger partial charge on any atom is 0.261 e. The van der Waals surface area contributed by atoms with Crippen molar-refractivity contribution in [3.05, 3.63) is 57.0 Å². The molecule has 0 aliphatic carbocycles. The zero-order chi connectivity index (χ0) is 15.5. The van der Waals surface area contributed by atoms with E-state index < -0.39 is 10.0 Å². The van der Waals surface area contributed by atoms with E-state index in [0.29, 0.717) is 16.7 Å². The summed E-state index contributed by atoms with van der Waals surface area (Å²) in [4.78, 5) is 0.220. The third-order valence-electron chi connectivity index (χ3n) is 2.84. The zero-order valence-electron chi connectivity index (χ0n) is 11.0. The van der Waals surface area contributed by atoms with Crippen molar-refractivity contribution in [2.24, 2.45) is 5.73 Å². The Morgan fingerprint density at radius 3 is 2.29 bits per heavy atom. The maximum atomic E-state index is 12.3. The Morgan fingerprint density at radius 2 is 1.71 bits per heavy atom. The second kappa shape index (κ2) is 6.91. The molecular weight excluding hydrogens is 420 g/mol. The van der Waals surface area contributed by atoms with Crippen molar-refractivity contribution in [1.82, 2.24) is 0 Å². The van der Waals surface area contributed by atoms with Gasteiger partial charge in [0.05, 0.1) is 10.6 Å². The Balaban J connectivity index is 2.25. The monoisotopic (exact) mass is 432 g/mol. The first kappa shape index (κ1) is 16.5. The first-order valence-electron chi connectivity index (χ1n) is 6.19. The van der Waals surface area contributed by atoms with Crippen molar-refractivity contribution < 1.29 is 8.42 Å². The second-order valence-corrected chi connectivity index (χ2v) is 7.86. The summed E-state index contributed by atoms with van der Waals surface area (Å²) in [5.41, 5.74) is 6.98. The lowest BCUT2D eigenvalue weighted by molar-refractivity contribution is 0.601. The Bertz CT molecular complexity index is 731. The topological polar surface area (TPSA) is 72.2 Å². The molecule has 7 heteroatoms. The number of benzene rings is 2. The van der Waals surface area contributed by atoms with Crippen LogP contribution in [0.4, 0.5) is 5.69 Å². The van der Waals surface area contributed by atoms with Crippen LogP contribution in [-0.2, 0) is 16.4 Å². The lowest BCUT2D eigenvalue weighted by atomic mass is 10.2. The van der Waals surface area contributed by atoms with E-state index in [2.05, 4.69) is 36.6 Å². The molecule has 0 aromatic heterocycles. The molecule has 0 aliphatic rings. The predicted octanol–water partition coefficient (Wildman–Crippen LogP) is 3.51. The Hall–Kier alpha value is -0.890. The number of nitrogens with one attached hydrogen (secondary N) is 1. The molecule has 0 bridgehead atoms. The van der Waals surface area contributed by atoms with Gasteiger partial charge in [0.25, 0.3) is 10.0 Å². The number of halogens is 2. The highest BCUT2D eigenvalue weighted by Gasteiger charge is 2.15. The number of sulfonamides is 1. The average molecular weight is 434 g/mol. The molecule has 0 heterocycles. The van der Waals surface area contributed by atoms with Crippen molar-refractivity contribution in [3.63, 3.8) is 0 Å². The van der Waals surface area contributed by atoms with Crippen molar-refractivity contribution >= 4 is 47.6 Å². The second-order valence-electron chi connectivity index (χ2n) is 4.41.